The Morgan fingerprint density at radius 1 is 1.15 bits per heavy atom. The van der Waals surface area contributed by atoms with Crippen LogP contribution in [0.3, 0.4) is 0 Å². The van der Waals surface area contributed by atoms with Crippen molar-refractivity contribution in [1.82, 2.24) is 14.8 Å². The number of nitrogens with one attached hydrogen (secondary N) is 1. The first kappa shape index (κ1) is 24.9. The molecule has 3 rings (SSSR count). The molecule has 1 atom stereocenters. The molecule has 0 spiro atoms. The predicted molar refractivity (Wildman–Crippen MR) is 137 cm³/mol. The Hall–Kier alpha value is -2.71. The Morgan fingerprint density at radius 2 is 1.85 bits per heavy atom. The van der Waals surface area contributed by atoms with Crippen LogP contribution in [0.25, 0.3) is 11.4 Å². The molecule has 0 bridgehead atoms. The Balaban J connectivity index is 1.76. The largest absolute Gasteiger partial charge is 0.495 e. The lowest BCUT2D eigenvalue weighted by Crippen LogP contribution is -2.23. The molecular formula is C24H30ClN5O2S. The number of thioether (sulfide) groups is 1. The van der Waals surface area contributed by atoms with E-state index in [1.165, 1.54) is 17.4 Å². The Kier molecular flexibility index (Phi) is 8.63. The van der Waals surface area contributed by atoms with Gasteiger partial charge in [-0.3, -0.25) is 4.79 Å². The number of ether oxygens (including phenoxy) is 1. The standard InChI is InChI=1S/C24H30ClN5O2S/c1-6-29(7-2)19-12-9-17(10-13-19)22-27-28-24(30(22)8-3)33-16(4)23(31)26-20-15-18(25)11-14-21(20)32-5/h9-16H,6-8H2,1-5H3,(H,26,31). The SMILES string of the molecule is CCN(CC)c1ccc(-c2nnc(SC(C)C(=O)Nc3cc(Cl)ccc3OC)n2CC)cc1. The van der Waals surface area contributed by atoms with Gasteiger partial charge in [-0.25, -0.2) is 0 Å². The number of carbonyl (C=O) groups excluding carboxylic acids is 1. The molecule has 3 aromatic rings. The molecule has 1 unspecified atom stereocenters. The number of anilines is 2. The van der Waals surface area contributed by atoms with Crippen molar-refractivity contribution in [3.63, 3.8) is 0 Å². The molecule has 0 saturated heterocycles. The molecule has 9 heteroatoms. The summed E-state index contributed by atoms with van der Waals surface area (Å²) < 4.78 is 7.34. The van der Waals surface area contributed by atoms with Gasteiger partial charge in [-0.05, 0) is 70.2 Å². The summed E-state index contributed by atoms with van der Waals surface area (Å²) in [6, 6.07) is 13.5. The van der Waals surface area contributed by atoms with Crippen LogP contribution in [0, 0.1) is 0 Å². The number of rotatable bonds is 10. The summed E-state index contributed by atoms with van der Waals surface area (Å²) in [4.78, 5) is 15.1. The third kappa shape index (κ3) is 5.81. The summed E-state index contributed by atoms with van der Waals surface area (Å²) in [5.41, 5.74) is 2.71. The molecule has 2 aromatic carbocycles. The van der Waals surface area contributed by atoms with Gasteiger partial charge in [-0.2, -0.15) is 0 Å². The van der Waals surface area contributed by atoms with Crippen LogP contribution in [0.1, 0.15) is 27.7 Å². The van der Waals surface area contributed by atoms with Crippen molar-refractivity contribution in [2.75, 3.05) is 30.4 Å². The van der Waals surface area contributed by atoms with E-state index in [0.717, 1.165) is 24.5 Å². The molecule has 1 N–H and O–H groups in total. The molecule has 0 saturated carbocycles. The number of halogens is 1. The molecule has 0 aliphatic carbocycles. The zero-order valence-corrected chi connectivity index (χ0v) is 21.2. The quantitative estimate of drug-likeness (QED) is 0.376. The van der Waals surface area contributed by atoms with Crippen molar-refractivity contribution < 1.29 is 9.53 Å². The van der Waals surface area contributed by atoms with Gasteiger partial charge in [0, 0.05) is 35.9 Å². The second-order valence-electron chi connectivity index (χ2n) is 7.36. The van der Waals surface area contributed by atoms with Gasteiger partial charge in [0.25, 0.3) is 0 Å². The van der Waals surface area contributed by atoms with E-state index in [-0.39, 0.29) is 5.91 Å². The topological polar surface area (TPSA) is 72.3 Å². The van der Waals surface area contributed by atoms with Gasteiger partial charge in [0.1, 0.15) is 5.75 Å². The van der Waals surface area contributed by atoms with E-state index in [9.17, 15) is 4.79 Å². The number of hydrogen-bond acceptors (Lipinski definition) is 6. The monoisotopic (exact) mass is 487 g/mol. The van der Waals surface area contributed by atoms with E-state index >= 15 is 0 Å². The average molecular weight is 488 g/mol. The number of methoxy groups -OCH3 is 1. The molecule has 0 aliphatic heterocycles. The number of amides is 1. The highest BCUT2D eigenvalue weighted by Gasteiger charge is 2.21. The second-order valence-corrected chi connectivity index (χ2v) is 9.11. The molecule has 0 aliphatic rings. The first-order valence-corrected chi connectivity index (χ1v) is 12.3. The van der Waals surface area contributed by atoms with Crippen LogP contribution < -0.4 is 15.0 Å². The Morgan fingerprint density at radius 3 is 2.45 bits per heavy atom. The fraction of sp³-hybridized carbons (Fsp3) is 0.375. The fourth-order valence-electron chi connectivity index (χ4n) is 3.51. The molecule has 1 amide bonds. The minimum Gasteiger partial charge on any atom is -0.495 e. The molecule has 0 fully saturated rings. The highest BCUT2D eigenvalue weighted by Crippen LogP contribution is 2.31. The third-order valence-electron chi connectivity index (χ3n) is 5.36. The van der Waals surface area contributed by atoms with Crippen LogP contribution in [0.2, 0.25) is 5.02 Å². The van der Waals surface area contributed by atoms with Gasteiger partial charge in [-0.15, -0.1) is 10.2 Å². The van der Waals surface area contributed by atoms with Crippen LogP contribution in [0.15, 0.2) is 47.6 Å². The van der Waals surface area contributed by atoms with Gasteiger partial charge >= 0.3 is 0 Å². The minimum absolute atomic E-state index is 0.170. The van der Waals surface area contributed by atoms with Crippen molar-refractivity contribution in [3.8, 4) is 17.1 Å². The Labute approximate surface area is 204 Å². The average Bonchev–Trinajstić information content (AvgIpc) is 3.22. The van der Waals surface area contributed by atoms with Crippen molar-refractivity contribution in [1.29, 1.82) is 0 Å². The second kappa shape index (κ2) is 11.4. The number of benzene rings is 2. The van der Waals surface area contributed by atoms with Crippen LogP contribution in [-0.4, -0.2) is 46.1 Å². The highest BCUT2D eigenvalue weighted by atomic mass is 35.5. The number of carbonyl (C=O) groups is 1. The van der Waals surface area contributed by atoms with Crippen molar-refractivity contribution in [2.45, 2.75) is 44.6 Å². The molecule has 176 valence electrons. The molecule has 7 nitrogen and oxygen atoms in total. The maximum Gasteiger partial charge on any atom is 0.237 e. The lowest BCUT2D eigenvalue weighted by molar-refractivity contribution is -0.115. The maximum atomic E-state index is 12.8. The third-order valence-corrected chi connectivity index (χ3v) is 6.67. The van der Waals surface area contributed by atoms with E-state index in [2.05, 4.69) is 58.5 Å². The first-order valence-electron chi connectivity index (χ1n) is 11.0. The zero-order chi connectivity index (χ0) is 24.0. The summed E-state index contributed by atoms with van der Waals surface area (Å²) in [5.74, 6) is 1.17. The van der Waals surface area contributed by atoms with E-state index in [4.69, 9.17) is 16.3 Å². The number of hydrogen-bond donors (Lipinski definition) is 1. The lowest BCUT2D eigenvalue weighted by atomic mass is 10.2. The summed E-state index contributed by atoms with van der Waals surface area (Å²) >= 11 is 7.44. The summed E-state index contributed by atoms with van der Waals surface area (Å²) in [5, 5.41) is 12.5. The highest BCUT2D eigenvalue weighted by molar-refractivity contribution is 8.00. The number of nitrogens with zero attached hydrogens (tertiary/aromatic N) is 4. The smallest absolute Gasteiger partial charge is 0.237 e. The van der Waals surface area contributed by atoms with Crippen LogP contribution in [0.5, 0.6) is 5.75 Å². The van der Waals surface area contributed by atoms with Crippen LogP contribution >= 0.6 is 23.4 Å². The summed E-state index contributed by atoms with van der Waals surface area (Å²) in [6.07, 6.45) is 0. The first-order chi connectivity index (χ1) is 15.9. The summed E-state index contributed by atoms with van der Waals surface area (Å²) in [6.45, 7) is 10.8. The maximum absolute atomic E-state index is 12.8. The molecule has 1 heterocycles. The van der Waals surface area contributed by atoms with Gasteiger partial charge in [-0.1, -0.05) is 23.4 Å². The Bertz CT molecular complexity index is 1080. The lowest BCUT2D eigenvalue weighted by Gasteiger charge is -2.21. The van der Waals surface area contributed by atoms with Crippen LogP contribution in [-0.2, 0) is 11.3 Å². The fourth-order valence-corrected chi connectivity index (χ4v) is 4.59. The molecule has 33 heavy (non-hydrogen) atoms. The molecular weight excluding hydrogens is 458 g/mol. The van der Waals surface area contributed by atoms with Crippen molar-refractivity contribution in [3.05, 3.63) is 47.5 Å². The van der Waals surface area contributed by atoms with Crippen molar-refractivity contribution in [2.24, 2.45) is 0 Å². The van der Waals surface area contributed by atoms with Crippen LogP contribution in [0.4, 0.5) is 11.4 Å². The molecule has 0 radical (unpaired) electrons. The van der Waals surface area contributed by atoms with E-state index < -0.39 is 5.25 Å². The van der Waals surface area contributed by atoms with Gasteiger partial charge in [0.15, 0.2) is 11.0 Å². The van der Waals surface area contributed by atoms with Crippen molar-refractivity contribution >= 4 is 40.6 Å². The minimum atomic E-state index is -0.402. The predicted octanol–water partition coefficient (Wildman–Crippen LogP) is 5.59. The zero-order valence-electron chi connectivity index (χ0n) is 19.6. The van der Waals surface area contributed by atoms with Gasteiger partial charge in [0.05, 0.1) is 18.0 Å². The van der Waals surface area contributed by atoms with E-state index in [1.54, 1.807) is 25.3 Å². The van der Waals surface area contributed by atoms with E-state index in [0.29, 0.717) is 28.2 Å². The molecule has 1 aromatic heterocycles. The van der Waals surface area contributed by atoms with E-state index in [1.807, 2.05) is 18.4 Å². The number of aromatic nitrogens is 3. The van der Waals surface area contributed by atoms with Gasteiger partial charge in [0.2, 0.25) is 5.91 Å². The normalized spacial score (nSPS) is 11.8. The summed E-state index contributed by atoms with van der Waals surface area (Å²) in [7, 11) is 1.55. The van der Waals surface area contributed by atoms with Gasteiger partial charge < -0.3 is 19.5 Å².